The van der Waals surface area contributed by atoms with Gasteiger partial charge in [0.1, 0.15) is 29.3 Å². The number of fused-ring (bicyclic) bond motifs is 1. The summed E-state index contributed by atoms with van der Waals surface area (Å²) in [5, 5.41) is 24.0. The monoisotopic (exact) mass is 466 g/mol. The third kappa shape index (κ3) is 4.54. The Morgan fingerprint density at radius 3 is 2.54 bits per heavy atom. The molecule has 35 heavy (non-hydrogen) atoms. The second kappa shape index (κ2) is 9.41. The summed E-state index contributed by atoms with van der Waals surface area (Å²) >= 11 is 0. The van der Waals surface area contributed by atoms with Gasteiger partial charge in [-0.05, 0) is 48.7 Å². The number of carbonyl (C=O) groups is 1. The van der Waals surface area contributed by atoms with Crippen molar-refractivity contribution in [2.45, 2.75) is 26.0 Å². The van der Waals surface area contributed by atoms with Crippen LogP contribution in [0, 0.1) is 22.8 Å². The van der Waals surface area contributed by atoms with Gasteiger partial charge >= 0.3 is 5.97 Å². The van der Waals surface area contributed by atoms with Gasteiger partial charge in [0.2, 0.25) is 5.96 Å². The van der Waals surface area contributed by atoms with Gasteiger partial charge in [0.25, 0.3) is 0 Å². The molecule has 0 saturated carbocycles. The van der Waals surface area contributed by atoms with E-state index >= 15 is 0 Å². The van der Waals surface area contributed by atoms with Crippen molar-refractivity contribution in [2.75, 3.05) is 16.8 Å². The second-order valence-corrected chi connectivity index (χ2v) is 8.06. The fourth-order valence-electron chi connectivity index (χ4n) is 3.82. The number of guanidine groups is 1. The van der Waals surface area contributed by atoms with Gasteiger partial charge < -0.3 is 21.5 Å². The third-order valence-electron chi connectivity index (χ3n) is 5.33. The Morgan fingerprint density at radius 2 is 1.86 bits per heavy atom. The smallest absolute Gasteiger partial charge is 0.338 e. The van der Waals surface area contributed by atoms with Crippen molar-refractivity contribution >= 4 is 29.3 Å². The summed E-state index contributed by atoms with van der Waals surface area (Å²) in [6.07, 6.45) is 1.60. The van der Waals surface area contributed by atoms with Crippen molar-refractivity contribution in [2.24, 2.45) is 4.99 Å². The van der Waals surface area contributed by atoms with Crippen LogP contribution in [-0.4, -0.2) is 23.0 Å². The minimum absolute atomic E-state index is 0.0212. The Bertz CT molecular complexity index is 1430. The van der Waals surface area contributed by atoms with E-state index in [-0.39, 0.29) is 29.1 Å². The fraction of sp³-hybridized carbons (Fsp3) is 0.160. The zero-order chi connectivity index (χ0) is 25.1. The molecule has 0 spiro atoms. The molecule has 6 N–H and O–H groups in total. The standard InChI is InChI=1S/C25H22N8O2/c1-13(2)35-24(34)17-8-4-6-15(10-17)14-5-3-7-16(9-14)21-19-20(28)18(11-26)22(29)32-23(19)33-25(31-21)30-12-27/h3-10,13,21H,1-2H3,(H6,28,29,30,31,32,33). The SMILES string of the molecule is CC(C)OC(=O)c1cccc(-c2cccc(C3N=C(NC#N)Nc4nc(N)c(C#N)c(N)c43)c2)c1. The lowest BCUT2D eigenvalue weighted by Crippen LogP contribution is -2.32. The van der Waals surface area contributed by atoms with Crippen LogP contribution in [0.25, 0.3) is 11.1 Å². The molecule has 3 aromatic rings. The maximum absolute atomic E-state index is 12.4. The Labute approximate surface area is 201 Å². The van der Waals surface area contributed by atoms with E-state index in [0.29, 0.717) is 16.9 Å². The average molecular weight is 467 g/mol. The van der Waals surface area contributed by atoms with Crippen molar-refractivity contribution in [3.8, 4) is 23.4 Å². The molecule has 0 amide bonds. The zero-order valence-electron chi connectivity index (χ0n) is 19.0. The van der Waals surface area contributed by atoms with E-state index in [4.69, 9.17) is 21.5 Å². The molecule has 174 valence electrons. The van der Waals surface area contributed by atoms with Gasteiger partial charge in [-0.3, -0.25) is 5.32 Å². The van der Waals surface area contributed by atoms with Crippen LogP contribution in [0.3, 0.4) is 0 Å². The van der Waals surface area contributed by atoms with E-state index in [2.05, 4.69) is 20.6 Å². The molecule has 1 atom stereocenters. The molecular formula is C25H22N8O2. The topological polar surface area (TPSA) is 175 Å². The number of aromatic nitrogens is 1. The lowest BCUT2D eigenvalue weighted by atomic mass is 9.92. The summed E-state index contributed by atoms with van der Waals surface area (Å²) in [6.45, 7) is 3.59. The molecule has 1 unspecified atom stereocenters. The molecule has 0 bridgehead atoms. The number of nitrogens with two attached hydrogens (primary N) is 2. The number of aliphatic imine (C=N–C) groups is 1. The van der Waals surface area contributed by atoms with Crippen LogP contribution in [0.1, 0.15) is 46.9 Å². The summed E-state index contributed by atoms with van der Waals surface area (Å²) in [4.78, 5) is 21.2. The van der Waals surface area contributed by atoms with E-state index in [1.54, 1.807) is 32.0 Å². The first-order valence-corrected chi connectivity index (χ1v) is 10.7. The quantitative estimate of drug-likeness (QED) is 0.255. The average Bonchev–Trinajstić information content (AvgIpc) is 2.83. The first-order valence-electron chi connectivity index (χ1n) is 10.7. The summed E-state index contributed by atoms with van der Waals surface area (Å²) in [5.74, 6) is 0.0556. The van der Waals surface area contributed by atoms with Gasteiger partial charge in [0.15, 0.2) is 6.19 Å². The first kappa shape index (κ1) is 23.1. The van der Waals surface area contributed by atoms with Gasteiger partial charge in [-0.1, -0.05) is 30.3 Å². The highest BCUT2D eigenvalue weighted by atomic mass is 16.5. The summed E-state index contributed by atoms with van der Waals surface area (Å²) in [5.41, 5.74) is 15.7. The maximum Gasteiger partial charge on any atom is 0.338 e. The molecule has 2 aromatic carbocycles. The van der Waals surface area contributed by atoms with E-state index in [0.717, 1.165) is 16.7 Å². The second-order valence-electron chi connectivity index (χ2n) is 8.06. The minimum atomic E-state index is -0.670. The first-order chi connectivity index (χ1) is 16.8. The summed E-state index contributed by atoms with van der Waals surface area (Å²) < 4.78 is 5.31. The predicted molar refractivity (Wildman–Crippen MR) is 132 cm³/mol. The predicted octanol–water partition coefficient (Wildman–Crippen LogP) is 3.29. The maximum atomic E-state index is 12.4. The highest BCUT2D eigenvalue weighted by Crippen LogP contribution is 2.41. The van der Waals surface area contributed by atoms with Crippen LogP contribution in [0.5, 0.6) is 0 Å². The normalized spacial score (nSPS) is 14.1. The number of hydrogen-bond donors (Lipinski definition) is 4. The number of nitrogens with zero attached hydrogens (tertiary/aromatic N) is 4. The van der Waals surface area contributed by atoms with Gasteiger partial charge in [-0.25, -0.2) is 14.8 Å². The zero-order valence-corrected chi connectivity index (χ0v) is 19.0. The Kier molecular flexibility index (Phi) is 6.21. The molecule has 0 fully saturated rings. The van der Waals surface area contributed by atoms with E-state index in [1.165, 1.54) is 0 Å². The molecule has 10 nitrogen and oxygen atoms in total. The van der Waals surface area contributed by atoms with Crippen LogP contribution in [-0.2, 0) is 4.74 Å². The molecular weight excluding hydrogens is 444 g/mol. The molecule has 1 aromatic heterocycles. The number of nitrogen functional groups attached to an aromatic ring is 2. The highest BCUT2D eigenvalue weighted by Gasteiger charge is 2.29. The van der Waals surface area contributed by atoms with Gasteiger partial charge in [-0.15, -0.1) is 0 Å². The molecule has 0 saturated heterocycles. The van der Waals surface area contributed by atoms with E-state index < -0.39 is 12.0 Å². The van der Waals surface area contributed by atoms with E-state index in [1.807, 2.05) is 42.6 Å². The Hall–Kier alpha value is -5.09. The van der Waals surface area contributed by atoms with Crippen molar-refractivity contribution in [1.29, 1.82) is 10.5 Å². The van der Waals surface area contributed by atoms with Crippen molar-refractivity contribution in [3.05, 3.63) is 70.8 Å². The highest BCUT2D eigenvalue weighted by molar-refractivity contribution is 5.98. The third-order valence-corrected chi connectivity index (χ3v) is 5.33. The van der Waals surface area contributed by atoms with Crippen LogP contribution < -0.4 is 22.1 Å². The number of anilines is 3. The largest absolute Gasteiger partial charge is 0.459 e. The number of nitrogens with one attached hydrogen (secondary N) is 2. The molecule has 10 heteroatoms. The van der Waals surface area contributed by atoms with Crippen LogP contribution in [0.15, 0.2) is 53.5 Å². The van der Waals surface area contributed by atoms with Crippen LogP contribution >= 0.6 is 0 Å². The number of esters is 1. The summed E-state index contributed by atoms with van der Waals surface area (Å²) in [7, 11) is 0. The number of carbonyl (C=O) groups excluding carboxylic acids is 1. The molecule has 1 aliphatic rings. The van der Waals surface area contributed by atoms with Gasteiger partial charge in [-0.2, -0.15) is 10.5 Å². The molecule has 2 heterocycles. The van der Waals surface area contributed by atoms with Crippen molar-refractivity contribution in [3.63, 3.8) is 0 Å². The van der Waals surface area contributed by atoms with Gasteiger partial charge in [0.05, 0.1) is 17.4 Å². The van der Waals surface area contributed by atoms with Crippen LogP contribution in [0.4, 0.5) is 17.3 Å². The molecule has 1 aliphatic heterocycles. The Morgan fingerprint density at radius 1 is 1.14 bits per heavy atom. The summed E-state index contributed by atoms with van der Waals surface area (Å²) in [6, 6.07) is 16.0. The molecule has 0 radical (unpaired) electrons. The van der Waals surface area contributed by atoms with Gasteiger partial charge in [0, 0.05) is 5.56 Å². The lowest BCUT2D eigenvalue weighted by molar-refractivity contribution is 0.0378. The number of hydrogen-bond acceptors (Lipinski definition) is 10. The van der Waals surface area contributed by atoms with Crippen molar-refractivity contribution in [1.82, 2.24) is 10.3 Å². The lowest BCUT2D eigenvalue weighted by Gasteiger charge is -2.26. The van der Waals surface area contributed by atoms with Crippen molar-refractivity contribution < 1.29 is 9.53 Å². The Balaban J connectivity index is 1.81. The van der Waals surface area contributed by atoms with Crippen LogP contribution in [0.2, 0.25) is 0 Å². The molecule has 4 rings (SSSR count). The molecule has 0 aliphatic carbocycles. The number of benzene rings is 2. The number of pyridine rings is 1. The minimum Gasteiger partial charge on any atom is -0.459 e. The van der Waals surface area contributed by atoms with E-state index in [9.17, 15) is 10.1 Å². The number of ether oxygens (including phenoxy) is 1. The number of nitriles is 2. The fourth-order valence-corrected chi connectivity index (χ4v) is 3.82. The number of rotatable bonds is 4.